The van der Waals surface area contributed by atoms with Crippen LogP contribution < -0.4 is 16.4 Å². The molecule has 8 nitrogen and oxygen atoms in total. The van der Waals surface area contributed by atoms with Gasteiger partial charge in [0.25, 0.3) is 0 Å². The lowest BCUT2D eigenvalue weighted by Gasteiger charge is -2.10. The van der Waals surface area contributed by atoms with E-state index in [1.165, 1.54) is 21.7 Å². The molecule has 3 aromatic rings. The van der Waals surface area contributed by atoms with Gasteiger partial charge >= 0.3 is 0 Å². The smallest absolute Gasteiger partial charge is 0.191 e. The predicted octanol–water partition coefficient (Wildman–Crippen LogP) is 3.45. The average molecular weight is 568 g/mol. The van der Waals surface area contributed by atoms with Crippen LogP contribution in [0, 0.1) is 31.0 Å². The van der Waals surface area contributed by atoms with E-state index >= 15 is 0 Å². The first-order valence-electron chi connectivity index (χ1n) is 9.83. The highest BCUT2D eigenvalue weighted by atomic mass is 127. The maximum absolute atomic E-state index is 13.2. The molecule has 0 aliphatic carbocycles. The number of nitriles is 1. The van der Waals surface area contributed by atoms with Crippen molar-refractivity contribution in [1.29, 1.82) is 5.26 Å². The molecule has 32 heavy (non-hydrogen) atoms. The quantitative estimate of drug-likeness (QED) is 0.174. The maximum atomic E-state index is 13.2. The summed E-state index contributed by atoms with van der Waals surface area (Å²) >= 11 is 1.67. The summed E-state index contributed by atoms with van der Waals surface area (Å²) in [5.74, 6) is 0.592. The molecular weight excluding hydrogens is 542 g/mol. The van der Waals surface area contributed by atoms with E-state index in [4.69, 9.17) is 5.73 Å². The molecule has 0 amide bonds. The van der Waals surface area contributed by atoms with Crippen molar-refractivity contribution in [1.82, 2.24) is 25.4 Å². The number of nitrogens with zero attached hydrogens (tertiary/aromatic N) is 5. The SMILES string of the molecule is CN=C(NCCCc1nn(-c2ccc(F)cc2)c(N)c1C#N)NCc1nc(C)c(C)s1.I. The summed E-state index contributed by atoms with van der Waals surface area (Å²) in [4.78, 5) is 9.95. The summed E-state index contributed by atoms with van der Waals surface area (Å²) < 4.78 is 14.7. The predicted molar refractivity (Wildman–Crippen MR) is 136 cm³/mol. The molecule has 0 aliphatic heterocycles. The van der Waals surface area contributed by atoms with E-state index in [9.17, 15) is 9.65 Å². The summed E-state index contributed by atoms with van der Waals surface area (Å²) in [5.41, 5.74) is 8.72. The van der Waals surface area contributed by atoms with E-state index in [0.717, 1.165) is 17.1 Å². The molecule has 2 aromatic heterocycles. The summed E-state index contributed by atoms with van der Waals surface area (Å²) in [7, 11) is 1.71. The summed E-state index contributed by atoms with van der Waals surface area (Å²) in [6.07, 6.45) is 1.29. The Kier molecular flexibility index (Phi) is 9.40. The van der Waals surface area contributed by atoms with Gasteiger partial charge in [0.05, 0.1) is 23.6 Å². The topological polar surface area (TPSA) is 117 Å². The first kappa shape index (κ1) is 25.5. The van der Waals surface area contributed by atoms with Gasteiger partial charge < -0.3 is 16.4 Å². The number of hydrogen-bond donors (Lipinski definition) is 3. The van der Waals surface area contributed by atoms with Crippen molar-refractivity contribution in [2.75, 3.05) is 19.3 Å². The molecule has 0 radical (unpaired) electrons. The molecule has 0 atom stereocenters. The second-order valence-corrected chi connectivity index (χ2v) is 8.20. The van der Waals surface area contributed by atoms with Gasteiger partial charge in [-0.25, -0.2) is 14.1 Å². The molecule has 4 N–H and O–H groups in total. The van der Waals surface area contributed by atoms with Crippen LogP contribution in [0.5, 0.6) is 0 Å². The van der Waals surface area contributed by atoms with E-state index in [-0.39, 0.29) is 35.6 Å². The van der Waals surface area contributed by atoms with Crippen LogP contribution >= 0.6 is 35.3 Å². The Balaban J connectivity index is 0.00000363. The lowest BCUT2D eigenvalue weighted by Crippen LogP contribution is -2.37. The minimum atomic E-state index is -0.344. The van der Waals surface area contributed by atoms with Gasteiger partial charge in [-0.1, -0.05) is 0 Å². The standard InChI is InChI=1S/C21H25FN8S.HI/c1-13-14(2)31-19(28-13)12-27-21(25-3)26-10-4-5-18-17(11-23)20(24)30(29-18)16-8-6-15(22)7-9-16;/h6-9H,4-5,10,12,24H2,1-3H3,(H2,25,26,27);1H. The Morgan fingerprint density at radius 1 is 1.28 bits per heavy atom. The number of nitrogen functional groups attached to an aromatic ring is 1. The zero-order chi connectivity index (χ0) is 22.4. The zero-order valence-electron chi connectivity index (χ0n) is 18.1. The first-order valence-corrected chi connectivity index (χ1v) is 10.7. The third kappa shape index (κ3) is 6.17. The highest BCUT2D eigenvalue weighted by Gasteiger charge is 2.16. The molecular formula is C21H26FIN8S. The van der Waals surface area contributed by atoms with Gasteiger partial charge in [0.15, 0.2) is 5.96 Å². The van der Waals surface area contributed by atoms with E-state index in [2.05, 4.69) is 38.7 Å². The Morgan fingerprint density at radius 3 is 2.59 bits per heavy atom. The van der Waals surface area contributed by atoms with Crippen LogP contribution in [0.1, 0.15) is 33.3 Å². The summed E-state index contributed by atoms with van der Waals surface area (Å²) in [6, 6.07) is 7.94. The van der Waals surface area contributed by atoms with Crippen LogP contribution in [-0.4, -0.2) is 34.3 Å². The molecule has 0 aliphatic rings. The Hall–Kier alpha value is -2.72. The lowest BCUT2D eigenvalue weighted by molar-refractivity contribution is 0.627. The lowest BCUT2D eigenvalue weighted by atomic mass is 10.1. The first-order chi connectivity index (χ1) is 14.9. The molecule has 0 saturated heterocycles. The van der Waals surface area contributed by atoms with Gasteiger partial charge in [-0.2, -0.15) is 10.4 Å². The van der Waals surface area contributed by atoms with Crippen molar-refractivity contribution in [2.24, 2.45) is 4.99 Å². The molecule has 0 spiro atoms. The zero-order valence-corrected chi connectivity index (χ0v) is 21.3. The van der Waals surface area contributed by atoms with Gasteiger partial charge in [-0.3, -0.25) is 4.99 Å². The molecule has 0 bridgehead atoms. The summed E-state index contributed by atoms with van der Waals surface area (Å²) in [6.45, 7) is 5.31. The second-order valence-electron chi connectivity index (χ2n) is 6.91. The molecule has 0 fully saturated rings. The van der Waals surface area contributed by atoms with Gasteiger partial charge in [-0.15, -0.1) is 35.3 Å². The van der Waals surface area contributed by atoms with Gasteiger partial charge in [0, 0.05) is 18.5 Å². The van der Waals surface area contributed by atoms with Crippen molar-refractivity contribution in [3.8, 4) is 11.8 Å². The molecule has 11 heteroatoms. The van der Waals surface area contributed by atoms with Crippen molar-refractivity contribution in [3.05, 3.63) is 56.9 Å². The number of anilines is 1. The van der Waals surface area contributed by atoms with Crippen molar-refractivity contribution >= 4 is 47.1 Å². The summed E-state index contributed by atoms with van der Waals surface area (Å²) in [5, 5.41) is 21.5. The Bertz CT molecular complexity index is 1090. The van der Waals surface area contributed by atoms with E-state index in [0.29, 0.717) is 42.4 Å². The maximum Gasteiger partial charge on any atom is 0.191 e. The minimum absolute atomic E-state index is 0. The monoisotopic (exact) mass is 568 g/mol. The number of aryl methyl sites for hydroxylation is 3. The number of hydrogen-bond acceptors (Lipinski definition) is 6. The number of guanidine groups is 1. The van der Waals surface area contributed by atoms with E-state index < -0.39 is 0 Å². The molecule has 3 rings (SSSR count). The van der Waals surface area contributed by atoms with Crippen molar-refractivity contribution < 1.29 is 4.39 Å². The van der Waals surface area contributed by atoms with Crippen LogP contribution in [0.2, 0.25) is 0 Å². The van der Waals surface area contributed by atoms with Gasteiger partial charge in [0.1, 0.15) is 28.3 Å². The van der Waals surface area contributed by atoms with Crippen LogP contribution in [0.15, 0.2) is 29.3 Å². The van der Waals surface area contributed by atoms with Crippen molar-refractivity contribution in [2.45, 2.75) is 33.2 Å². The average Bonchev–Trinajstić information content (AvgIpc) is 3.25. The number of aliphatic imine (C=N–C) groups is 1. The molecule has 170 valence electrons. The fourth-order valence-corrected chi connectivity index (χ4v) is 3.89. The third-order valence-electron chi connectivity index (χ3n) is 4.76. The number of nitrogens with two attached hydrogens (primary N) is 1. The number of aromatic nitrogens is 3. The minimum Gasteiger partial charge on any atom is -0.382 e. The molecule has 2 heterocycles. The van der Waals surface area contributed by atoms with Gasteiger partial charge in [0.2, 0.25) is 0 Å². The van der Waals surface area contributed by atoms with Crippen LogP contribution in [0.25, 0.3) is 5.69 Å². The number of halogens is 2. The van der Waals surface area contributed by atoms with Crippen LogP contribution in [0.3, 0.4) is 0 Å². The highest BCUT2D eigenvalue weighted by molar-refractivity contribution is 14.0. The van der Waals surface area contributed by atoms with Gasteiger partial charge in [-0.05, 0) is 51.0 Å². The molecule has 0 unspecified atom stereocenters. The number of thiazole rings is 1. The normalized spacial score (nSPS) is 11.0. The largest absolute Gasteiger partial charge is 0.382 e. The van der Waals surface area contributed by atoms with Crippen LogP contribution in [-0.2, 0) is 13.0 Å². The van der Waals surface area contributed by atoms with E-state index in [1.54, 1.807) is 30.5 Å². The fourth-order valence-electron chi connectivity index (χ4n) is 3.01. The highest BCUT2D eigenvalue weighted by Crippen LogP contribution is 2.21. The molecule has 0 saturated carbocycles. The number of nitrogens with one attached hydrogen (secondary N) is 2. The molecule has 1 aromatic carbocycles. The fraction of sp³-hybridized carbons (Fsp3) is 0.333. The number of benzene rings is 1. The second kappa shape index (κ2) is 11.8. The van der Waals surface area contributed by atoms with Crippen LogP contribution in [0.4, 0.5) is 10.2 Å². The van der Waals surface area contributed by atoms with E-state index in [1.807, 2.05) is 6.92 Å². The van der Waals surface area contributed by atoms with Crippen molar-refractivity contribution in [3.63, 3.8) is 0 Å². The Labute approximate surface area is 207 Å². The Morgan fingerprint density at radius 2 is 2.00 bits per heavy atom. The third-order valence-corrected chi connectivity index (χ3v) is 5.84. The number of rotatable bonds is 7.